The molecule has 0 radical (unpaired) electrons. The Kier molecular flexibility index (Phi) is 7.39. The molecular formula is C20H17BrF3NO3. The first-order valence-electron chi connectivity index (χ1n) is 8.19. The van der Waals surface area contributed by atoms with Gasteiger partial charge in [-0.25, -0.2) is 0 Å². The summed E-state index contributed by atoms with van der Waals surface area (Å²) in [6, 6.07) is 13.6. The molecule has 0 aromatic heterocycles. The maximum absolute atomic E-state index is 12.4. The molecule has 28 heavy (non-hydrogen) atoms. The molecule has 0 saturated heterocycles. The molecule has 2 rings (SSSR count). The molecule has 0 unspecified atom stereocenters. The Balaban J connectivity index is 1.83. The molecule has 0 fully saturated rings. The smallest absolute Gasteiger partial charge is 0.471 e. The molecule has 4 nitrogen and oxygen atoms in total. The first-order chi connectivity index (χ1) is 13.2. The third-order valence-electron chi connectivity index (χ3n) is 3.70. The fourth-order valence-electron chi connectivity index (χ4n) is 2.21. The fourth-order valence-corrected chi connectivity index (χ4v) is 2.48. The molecular weight excluding hydrogens is 439 g/mol. The molecule has 148 valence electrons. The second-order valence-corrected chi connectivity index (χ2v) is 6.74. The molecule has 1 amide bonds. The number of likely N-dealkylation sites (N-methyl/N-ethyl adjacent to an activating group) is 1. The molecule has 0 aliphatic rings. The highest BCUT2D eigenvalue weighted by molar-refractivity contribution is 9.10. The molecule has 0 aliphatic heterocycles. The SMILES string of the molecule is CN(C/C=C/COc1ccc(C(=O)c2ccc(Br)cc2)cc1)C(=O)C(F)(F)F. The summed E-state index contributed by atoms with van der Waals surface area (Å²) >= 11 is 3.32. The van der Waals surface area contributed by atoms with Crippen molar-refractivity contribution < 1.29 is 27.5 Å². The lowest BCUT2D eigenvalue weighted by Crippen LogP contribution is -2.38. The van der Waals surface area contributed by atoms with Crippen molar-refractivity contribution in [3.05, 3.63) is 76.3 Å². The van der Waals surface area contributed by atoms with Gasteiger partial charge in [-0.15, -0.1) is 0 Å². The van der Waals surface area contributed by atoms with Crippen LogP contribution in [0.4, 0.5) is 13.2 Å². The van der Waals surface area contributed by atoms with Crippen molar-refractivity contribution in [2.45, 2.75) is 6.18 Å². The Morgan fingerprint density at radius 2 is 1.54 bits per heavy atom. The number of ether oxygens (including phenoxy) is 1. The first kappa shape index (κ1) is 21.7. The molecule has 0 atom stereocenters. The summed E-state index contributed by atoms with van der Waals surface area (Å²) in [4.78, 5) is 23.9. The third kappa shape index (κ3) is 6.23. The van der Waals surface area contributed by atoms with E-state index < -0.39 is 12.1 Å². The molecule has 2 aromatic carbocycles. The number of nitrogens with zero attached hydrogens (tertiary/aromatic N) is 1. The van der Waals surface area contributed by atoms with Gasteiger partial charge in [0.25, 0.3) is 0 Å². The summed E-state index contributed by atoms with van der Waals surface area (Å²) < 4.78 is 43.1. The number of carbonyl (C=O) groups is 2. The van der Waals surface area contributed by atoms with Crippen molar-refractivity contribution in [2.75, 3.05) is 20.2 Å². The second kappa shape index (κ2) is 9.54. The van der Waals surface area contributed by atoms with Crippen molar-refractivity contribution in [3.63, 3.8) is 0 Å². The third-order valence-corrected chi connectivity index (χ3v) is 4.23. The minimum atomic E-state index is -4.88. The van der Waals surface area contributed by atoms with Crippen LogP contribution in [0.25, 0.3) is 0 Å². The van der Waals surface area contributed by atoms with E-state index in [2.05, 4.69) is 15.9 Å². The Morgan fingerprint density at radius 1 is 1.00 bits per heavy atom. The van der Waals surface area contributed by atoms with Gasteiger partial charge in [0, 0.05) is 29.2 Å². The van der Waals surface area contributed by atoms with Gasteiger partial charge in [-0.3, -0.25) is 9.59 Å². The van der Waals surface area contributed by atoms with Crippen molar-refractivity contribution in [1.29, 1.82) is 0 Å². The number of carbonyl (C=O) groups excluding carboxylic acids is 2. The first-order valence-corrected chi connectivity index (χ1v) is 8.98. The standard InChI is InChI=1S/C20H17BrF3NO3/c1-25(19(27)20(22,23)24)12-2-3-13-28-17-10-6-15(7-11-17)18(26)14-4-8-16(21)9-5-14/h2-11H,12-13H2,1H3/b3-2+. The summed E-state index contributed by atoms with van der Waals surface area (Å²) in [6.45, 7) is -0.0591. The zero-order chi connectivity index (χ0) is 20.7. The zero-order valence-corrected chi connectivity index (χ0v) is 16.5. The number of halogens is 4. The van der Waals surface area contributed by atoms with E-state index in [1.54, 1.807) is 48.5 Å². The van der Waals surface area contributed by atoms with Gasteiger partial charge < -0.3 is 9.64 Å². The number of ketones is 1. The number of amides is 1. The lowest BCUT2D eigenvalue weighted by atomic mass is 10.0. The lowest BCUT2D eigenvalue weighted by molar-refractivity contribution is -0.183. The van der Waals surface area contributed by atoms with E-state index in [0.29, 0.717) is 21.8 Å². The van der Waals surface area contributed by atoms with Crippen LogP contribution in [0.5, 0.6) is 5.75 Å². The van der Waals surface area contributed by atoms with Crippen LogP contribution in [0.15, 0.2) is 65.2 Å². The van der Waals surface area contributed by atoms with Crippen LogP contribution in [-0.4, -0.2) is 43.0 Å². The van der Waals surface area contributed by atoms with Crippen LogP contribution in [0.2, 0.25) is 0 Å². The minimum Gasteiger partial charge on any atom is -0.490 e. The van der Waals surface area contributed by atoms with Crippen LogP contribution in [0.1, 0.15) is 15.9 Å². The van der Waals surface area contributed by atoms with Gasteiger partial charge in [0.15, 0.2) is 5.78 Å². The Labute approximate surface area is 168 Å². The van der Waals surface area contributed by atoms with E-state index in [9.17, 15) is 22.8 Å². The quantitative estimate of drug-likeness (QED) is 0.451. The topological polar surface area (TPSA) is 46.6 Å². The van der Waals surface area contributed by atoms with Gasteiger partial charge in [-0.2, -0.15) is 13.2 Å². The van der Waals surface area contributed by atoms with E-state index in [4.69, 9.17) is 4.74 Å². The van der Waals surface area contributed by atoms with E-state index in [1.165, 1.54) is 12.2 Å². The van der Waals surface area contributed by atoms with Gasteiger partial charge >= 0.3 is 12.1 Å². The van der Waals surface area contributed by atoms with Crippen LogP contribution in [-0.2, 0) is 4.79 Å². The number of alkyl halides is 3. The zero-order valence-electron chi connectivity index (χ0n) is 14.9. The van der Waals surface area contributed by atoms with E-state index >= 15 is 0 Å². The van der Waals surface area contributed by atoms with Gasteiger partial charge in [0.05, 0.1) is 0 Å². The van der Waals surface area contributed by atoms with Crippen LogP contribution in [0, 0.1) is 0 Å². The van der Waals surface area contributed by atoms with Gasteiger partial charge in [0.1, 0.15) is 12.4 Å². The fraction of sp³-hybridized carbons (Fsp3) is 0.200. The molecule has 0 aliphatic carbocycles. The molecule has 0 heterocycles. The summed E-state index contributed by atoms with van der Waals surface area (Å²) in [5.41, 5.74) is 1.08. The summed E-state index contributed by atoms with van der Waals surface area (Å²) in [5, 5.41) is 0. The summed E-state index contributed by atoms with van der Waals surface area (Å²) in [6.07, 6.45) is -1.95. The summed E-state index contributed by atoms with van der Waals surface area (Å²) in [5.74, 6) is -1.50. The molecule has 0 saturated carbocycles. The van der Waals surface area contributed by atoms with Crippen LogP contribution in [0.3, 0.4) is 0 Å². The summed E-state index contributed by atoms with van der Waals surface area (Å²) in [7, 11) is 1.07. The lowest BCUT2D eigenvalue weighted by Gasteiger charge is -2.16. The van der Waals surface area contributed by atoms with E-state index in [1.807, 2.05) is 0 Å². The maximum Gasteiger partial charge on any atom is 0.471 e. The highest BCUT2D eigenvalue weighted by Crippen LogP contribution is 2.18. The van der Waals surface area contributed by atoms with Gasteiger partial charge in [0.2, 0.25) is 0 Å². The monoisotopic (exact) mass is 455 g/mol. The number of benzene rings is 2. The highest BCUT2D eigenvalue weighted by Gasteiger charge is 2.40. The molecule has 8 heteroatoms. The predicted molar refractivity (Wildman–Crippen MR) is 102 cm³/mol. The van der Waals surface area contributed by atoms with E-state index in [-0.39, 0.29) is 18.9 Å². The second-order valence-electron chi connectivity index (χ2n) is 5.83. The number of hydrogen-bond donors (Lipinski definition) is 0. The normalized spacial score (nSPS) is 11.5. The molecule has 0 N–H and O–H groups in total. The highest BCUT2D eigenvalue weighted by atomic mass is 79.9. The average Bonchev–Trinajstić information content (AvgIpc) is 2.66. The van der Waals surface area contributed by atoms with Crippen LogP contribution >= 0.6 is 15.9 Å². The maximum atomic E-state index is 12.4. The van der Waals surface area contributed by atoms with Crippen LogP contribution < -0.4 is 4.74 Å². The molecule has 0 bridgehead atoms. The number of hydrogen-bond acceptors (Lipinski definition) is 3. The Morgan fingerprint density at radius 3 is 2.07 bits per heavy atom. The van der Waals surface area contributed by atoms with Gasteiger partial charge in [-0.1, -0.05) is 22.0 Å². The van der Waals surface area contributed by atoms with Crippen molar-refractivity contribution in [2.24, 2.45) is 0 Å². The number of rotatable bonds is 7. The van der Waals surface area contributed by atoms with Gasteiger partial charge in [-0.05, 0) is 54.6 Å². The minimum absolute atomic E-state index is 0.115. The van der Waals surface area contributed by atoms with Crippen molar-refractivity contribution >= 4 is 27.6 Å². The Hall–Kier alpha value is -2.61. The molecule has 0 spiro atoms. The average molecular weight is 456 g/mol. The molecule has 2 aromatic rings. The van der Waals surface area contributed by atoms with E-state index in [0.717, 1.165) is 11.5 Å². The predicted octanol–water partition coefficient (Wildman–Crippen LogP) is 4.64. The van der Waals surface area contributed by atoms with Crippen molar-refractivity contribution in [1.82, 2.24) is 4.90 Å². The van der Waals surface area contributed by atoms with Crippen molar-refractivity contribution in [3.8, 4) is 5.75 Å². The largest absolute Gasteiger partial charge is 0.490 e. The Bertz CT molecular complexity index is 846.